The van der Waals surface area contributed by atoms with Gasteiger partial charge in [0.1, 0.15) is 11.5 Å². The second kappa shape index (κ2) is 6.70. The van der Waals surface area contributed by atoms with Crippen molar-refractivity contribution in [1.82, 2.24) is 15.0 Å². The molecule has 0 amide bonds. The quantitative estimate of drug-likeness (QED) is 0.717. The summed E-state index contributed by atoms with van der Waals surface area (Å²) in [6.07, 6.45) is 1.52. The van der Waals surface area contributed by atoms with Crippen molar-refractivity contribution in [2.75, 3.05) is 14.1 Å². The van der Waals surface area contributed by atoms with Crippen molar-refractivity contribution in [2.24, 2.45) is 0 Å². The van der Waals surface area contributed by atoms with E-state index in [9.17, 15) is 4.55 Å². The third-order valence-corrected chi connectivity index (χ3v) is 4.96. The van der Waals surface area contributed by atoms with Crippen molar-refractivity contribution in [3.8, 4) is 11.5 Å². The maximum absolute atomic E-state index is 12.8. The molecule has 3 rings (SSSR count). The molecule has 3 aromatic rings. The lowest BCUT2D eigenvalue weighted by molar-refractivity contribution is 0.407. The summed E-state index contributed by atoms with van der Waals surface area (Å²) in [6.45, 7) is 3.42. The molecule has 24 heavy (non-hydrogen) atoms. The van der Waals surface area contributed by atoms with Crippen molar-refractivity contribution in [2.45, 2.75) is 24.8 Å². The highest BCUT2D eigenvalue weighted by Crippen LogP contribution is 2.27. The number of rotatable bonds is 5. The van der Waals surface area contributed by atoms with Crippen LogP contribution in [0.5, 0.6) is 11.5 Å². The number of aromatic nitrogens is 3. The van der Waals surface area contributed by atoms with Gasteiger partial charge in [0.15, 0.2) is 5.75 Å². The largest absolute Gasteiger partial charge is 0.609 e. The Morgan fingerprint density at radius 2 is 2.17 bits per heavy atom. The lowest BCUT2D eigenvalue weighted by atomic mass is 10.1. The minimum Gasteiger partial charge on any atom is -0.609 e. The fourth-order valence-corrected chi connectivity index (χ4v) is 3.55. The second-order valence-corrected chi connectivity index (χ2v) is 6.73. The van der Waals surface area contributed by atoms with Crippen LogP contribution in [0.2, 0.25) is 0 Å². The number of pyridine rings is 1. The fraction of sp³-hybridized carbons (Fsp3) is 0.294. The minimum atomic E-state index is -2.56. The van der Waals surface area contributed by atoms with Gasteiger partial charge >= 0.3 is 5.16 Å². The average molecular weight is 348 g/mol. The molecule has 2 aromatic heterocycles. The van der Waals surface area contributed by atoms with E-state index in [1.807, 2.05) is 0 Å². The molecule has 0 saturated carbocycles. The van der Waals surface area contributed by atoms with Crippen LogP contribution in [-0.2, 0) is 16.9 Å². The zero-order valence-corrected chi connectivity index (χ0v) is 14.4. The van der Waals surface area contributed by atoms with E-state index in [0.717, 1.165) is 5.52 Å². The standard InChI is InChI=1S/C17H19N3O3S/c1-10-8-18-15(11(2)16(10)23-4)9-24(21)17-19-13-6-5-12(22-3)7-14(13)20-17/h5-8H,9H2,1-4H3,(H,19,20)/i4D3. The van der Waals surface area contributed by atoms with Crippen LogP contribution in [0.15, 0.2) is 29.6 Å². The third-order valence-electron chi connectivity index (χ3n) is 3.80. The Labute approximate surface area is 147 Å². The van der Waals surface area contributed by atoms with Gasteiger partial charge in [-0.3, -0.25) is 9.97 Å². The van der Waals surface area contributed by atoms with E-state index >= 15 is 0 Å². The number of nitrogens with zero attached hydrogens (tertiary/aromatic N) is 2. The summed E-state index contributed by atoms with van der Waals surface area (Å²) in [5.74, 6) is 0.998. The number of hydrogen-bond acceptors (Lipinski definition) is 5. The van der Waals surface area contributed by atoms with Crippen LogP contribution in [0.3, 0.4) is 0 Å². The highest BCUT2D eigenvalue weighted by Gasteiger charge is 2.21. The molecule has 1 aromatic carbocycles. The number of methoxy groups -OCH3 is 2. The minimum absolute atomic E-state index is 0.0838. The second-order valence-electron chi connectivity index (χ2n) is 5.36. The Morgan fingerprint density at radius 3 is 2.92 bits per heavy atom. The molecule has 0 bridgehead atoms. The van der Waals surface area contributed by atoms with Crippen LogP contribution in [0, 0.1) is 13.8 Å². The topological polar surface area (TPSA) is 83.1 Å². The Hall–Kier alpha value is -2.25. The summed E-state index contributed by atoms with van der Waals surface area (Å²) < 4.78 is 45.0. The molecule has 126 valence electrons. The monoisotopic (exact) mass is 348 g/mol. The molecule has 0 aliphatic heterocycles. The number of aryl methyl sites for hydroxylation is 1. The molecular weight excluding hydrogens is 326 g/mol. The van der Waals surface area contributed by atoms with E-state index < -0.39 is 18.2 Å². The van der Waals surface area contributed by atoms with Crippen LogP contribution in [-0.4, -0.2) is 33.7 Å². The van der Waals surface area contributed by atoms with Crippen molar-refractivity contribution in [3.05, 3.63) is 41.2 Å². The Bertz CT molecular complexity index is 975. The number of hydrogen-bond donors (Lipinski definition) is 1. The van der Waals surface area contributed by atoms with Gasteiger partial charge in [0.05, 0.1) is 35.0 Å². The van der Waals surface area contributed by atoms with Gasteiger partial charge in [0.2, 0.25) is 0 Å². The van der Waals surface area contributed by atoms with Gasteiger partial charge < -0.3 is 14.0 Å². The predicted octanol–water partition coefficient (Wildman–Crippen LogP) is 2.90. The summed E-state index contributed by atoms with van der Waals surface area (Å²) in [5, 5.41) is 0.318. The zero-order chi connectivity index (χ0) is 19.8. The van der Waals surface area contributed by atoms with E-state index in [1.165, 1.54) is 6.20 Å². The molecule has 0 radical (unpaired) electrons. The normalized spacial score (nSPS) is 14.8. The average Bonchev–Trinajstić information content (AvgIpc) is 3.03. The first-order chi connectivity index (χ1) is 12.7. The van der Waals surface area contributed by atoms with Crippen molar-refractivity contribution < 1.29 is 18.1 Å². The van der Waals surface area contributed by atoms with Crippen molar-refractivity contribution in [1.29, 1.82) is 0 Å². The molecule has 2 heterocycles. The van der Waals surface area contributed by atoms with Crippen LogP contribution >= 0.6 is 0 Å². The molecule has 0 spiro atoms. The molecule has 1 N–H and O–H groups in total. The molecule has 6 nitrogen and oxygen atoms in total. The Kier molecular flexibility index (Phi) is 3.65. The molecule has 7 heteroatoms. The zero-order valence-electron chi connectivity index (χ0n) is 16.5. The van der Waals surface area contributed by atoms with Gasteiger partial charge in [-0.25, -0.2) is 0 Å². The van der Waals surface area contributed by atoms with Gasteiger partial charge in [-0.05, 0) is 26.0 Å². The summed E-state index contributed by atoms with van der Waals surface area (Å²) in [5.41, 5.74) is 3.05. The number of nitrogens with one attached hydrogen (secondary N) is 1. The first-order valence-corrected chi connectivity index (χ1v) is 8.56. The molecule has 1 atom stereocenters. The number of ether oxygens (including phenoxy) is 2. The van der Waals surface area contributed by atoms with E-state index in [2.05, 4.69) is 15.0 Å². The van der Waals surface area contributed by atoms with E-state index in [1.54, 1.807) is 39.2 Å². The first-order valence-electron chi connectivity index (χ1n) is 8.74. The lowest BCUT2D eigenvalue weighted by Gasteiger charge is -2.13. The molecule has 1 unspecified atom stereocenters. The maximum Gasteiger partial charge on any atom is 0.322 e. The van der Waals surface area contributed by atoms with Gasteiger partial charge in [0, 0.05) is 34.6 Å². The smallest absolute Gasteiger partial charge is 0.322 e. The lowest BCUT2D eigenvalue weighted by Crippen LogP contribution is -2.10. The van der Waals surface area contributed by atoms with Crippen molar-refractivity contribution >= 4 is 22.2 Å². The number of imidazole rings is 1. The third kappa shape index (κ3) is 3.05. The summed E-state index contributed by atoms with van der Waals surface area (Å²) in [4.78, 5) is 11.7. The van der Waals surface area contributed by atoms with Crippen molar-refractivity contribution in [3.63, 3.8) is 0 Å². The van der Waals surface area contributed by atoms with E-state index in [4.69, 9.17) is 13.6 Å². The van der Waals surface area contributed by atoms with Crippen LogP contribution in [0.25, 0.3) is 11.0 Å². The van der Waals surface area contributed by atoms with Gasteiger partial charge in [-0.15, -0.1) is 0 Å². The SMILES string of the molecule is [2H]C([2H])([2H])Oc1c(C)cnc(C[S+]([O-])c2nc3ccc(OC)cc3[nH]2)c1C. The predicted molar refractivity (Wildman–Crippen MR) is 93.0 cm³/mol. The molecular formula is C17H19N3O3S. The number of H-pyrrole nitrogens is 1. The van der Waals surface area contributed by atoms with Crippen LogP contribution in [0.1, 0.15) is 20.9 Å². The maximum atomic E-state index is 12.8. The number of benzene rings is 1. The Morgan fingerprint density at radius 1 is 1.33 bits per heavy atom. The molecule has 0 saturated heterocycles. The molecule has 0 fully saturated rings. The summed E-state index contributed by atoms with van der Waals surface area (Å²) >= 11 is -1.49. The number of fused-ring (bicyclic) bond motifs is 1. The van der Waals surface area contributed by atoms with Gasteiger partial charge in [-0.2, -0.15) is 4.98 Å². The highest BCUT2D eigenvalue weighted by molar-refractivity contribution is 7.90. The summed E-state index contributed by atoms with van der Waals surface area (Å²) in [6, 6.07) is 5.34. The van der Waals surface area contributed by atoms with E-state index in [0.29, 0.717) is 33.2 Å². The number of aromatic amines is 1. The highest BCUT2D eigenvalue weighted by atomic mass is 32.2. The molecule has 0 aliphatic carbocycles. The first kappa shape index (κ1) is 13.1. The van der Waals surface area contributed by atoms with Crippen LogP contribution < -0.4 is 9.47 Å². The van der Waals surface area contributed by atoms with E-state index in [-0.39, 0.29) is 11.5 Å². The van der Waals surface area contributed by atoms with Gasteiger partial charge in [0.25, 0.3) is 0 Å². The summed E-state index contributed by atoms with van der Waals surface area (Å²) in [7, 11) is -0.994. The Balaban J connectivity index is 1.87. The van der Waals surface area contributed by atoms with Crippen LogP contribution in [0.4, 0.5) is 0 Å². The van der Waals surface area contributed by atoms with Gasteiger partial charge in [-0.1, -0.05) is 0 Å². The molecule has 0 aliphatic rings. The fourth-order valence-electron chi connectivity index (χ4n) is 2.45.